The van der Waals surface area contributed by atoms with Crippen molar-refractivity contribution in [2.45, 2.75) is 18.9 Å². The molecule has 0 spiro atoms. The summed E-state index contributed by atoms with van der Waals surface area (Å²) in [5.41, 5.74) is 0.506. The molecule has 0 aromatic heterocycles. The Morgan fingerprint density at radius 3 is 3.06 bits per heavy atom. The predicted molar refractivity (Wildman–Crippen MR) is 69.2 cm³/mol. The third-order valence-electron chi connectivity index (χ3n) is 3.10. The van der Waals surface area contributed by atoms with Gasteiger partial charge in [0.1, 0.15) is 5.69 Å². The highest BCUT2D eigenvalue weighted by Crippen LogP contribution is 2.34. The minimum Gasteiger partial charge on any atom is -0.490 e. The van der Waals surface area contributed by atoms with Crippen LogP contribution in [0, 0.1) is 10.1 Å². The van der Waals surface area contributed by atoms with Crippen LogP contribution in [-0.2, 0) is 0 Å². The standard InChI is InChI=1S/C12H17N3O3/c1-18-11-6-2-5-10(12(11)15(16)17)14-8-9-4-3-7-13-9/h2,5-6,9,13-14H,3-4,7-8H2,1H3. The van der Waals surface area contributed by atoms with Crippen molar-refractivity contribution in [1.29, 1.82) is 0 Å². The van der Waals surface area contributed by atoms with Crippen LogP contribution in [0.15, 0.2) is 18.2 Å². The molecule has 6 heteroatoms. The van der Waals surface area contributed by atoms with Gasteiger partial charge in [0.15, 0.2) is 5.75 Å². The van der Waals surface area contributed by atoms with Crippen molar-refractivity contribution in [3.05, 3.63) is 28.3 Å². The number of hydrogen-bond acceptors (Lipinski definition) is 5. The number of nitro benzene ring substituents is 1. The van der Waals surface area contributed by atoms with E-state index in [1.54, 1.807) is 18.2 Å². The van der Waals surface area contributed by atoms with Crippen LogP contribution in [0.5, 0.6) is 5.75 Å². The number of benzene rings is 1. The highest BCUT2D eigenvalue weighted by Gasteiger charge is 2.21. The second-order valence-corrected chi connectivity index (χ2v) is 4.29. The van der Waals surface area contributed by atoms with Gasteiger partial charge in [0.05, 0.1) is 12.0 Å². The van der Waals surface area contributed by atoms with Crippen LogP contribution in [0.3, 0.4) is 0 Å². The summed E-state index contributed by atoms with van der Waals surface area (Å²) in [6.07, 6.45) is 2.26. The lowest BCUT2D eigenvalue weighted by Crippen LogP contribution is -2.29. The average Bonchev–Trinajstić information content (AvgIpc) is 2.88. The molecule has 1 heterocycles. The number of nitro groups is 1. The van der Waals surface area contributed by atoms with Crippen molar-refractivity contribution in [3.8, 4) is 5.75 Å². The average molecular weight is 251 g/mol. The topological polar surface area (TPSA) is 76.4 Å². The molecule has 1 unspecified atom stereocenters. The molecule has 18 heavy (non-hydrogen) atoms. The molecule has 2 N–H and O–H groups in total. The number of nitrogens with zero attached hydrogens (tertiary/aromatic N) is 1. The fourth-order valence-electron chi connectivity index (χ4n) is 2.18. The SMILES string of the molecule is COc1cccc(NCC2CCCN2)c1[N+](=O)[O-]. The molecule has 0 bridgehead atoms. The van der Waals surface area contributed by atoms with Crippen LogP contribution in [0.4, 0.5) is 11.4 Å². The monoisotopic (exact) mass is 251 g/mol. The van der Waals surface area contributed by atoms with Crippen LogP contribution in [0.2, 0.25) is 0 Å². The maximum absolute atomic E-state index is 11.1. The van der Waals surface area contributed by atoms with Crippen molar-refractivity contribution in [3.63, 3.8) is 0 Å². The number of ether oxygens (including phenoxy) is 1. The van der Waals surface area contributed by atoms with Gasteiger partial charge in [0, 0.05) is 12.6 Å². The van der Waals surface area contributed by atoms with E-state index in [2.05, 4.69) is 10.6 Å². The molecule has 0 amide bonds. The normalized spacial score (nSPS) is 18.6. The van der Waals surface area contributed by atoms with Gasteiger partial charge in [-0.25, -0.2) is 0 Å². The third kappa shape index (κ3) is 2.70. The lowest BCUT2D eigenvalue weighted by Gasteiger charge is -2.13. The number of methoxy groups -OCH3 is 1. The summed E-state index contributed by atoms with van der Waals surface area (Å²) in [6.45, 7) is 1.71. The van der Waals surface area contributed by atoms with Crippen molar-refractivity contribution >= 4 is 11.4 Å². The van der Waals surface area contributed by atoms with Gasteiger partial charge in [-0.15, -0.1) is 0 Å². The van der Waals surface area contributed by atoms with Gasteiger partial charge in [-0.3, -0.25) is 10.1 Å². The van der Waals surface area contributed by atoms with Gasteiger partial charge in [-0.2, -0.15) is 0 Å². The molecule has 6 nitrogen and oxygen atoms in total. The summed E-state index contributed by atoms with van der Waals surface area (Å²) in [5, 5.41) is 17.5. The van der Waals surface area contributed by atoms with E-state index < -0.39 is 4.92 Å². The summed E-state index contributed by atoms with van der Waals surface area (Å²) in [5.74, 6) is 0.282. The van der Waals surface area contributed by atoms with Crippen LogP contribution < -0.4 is 15.4 Å². The Morgan fingerprint density at radius 1 is 1.61 bits per heavy atom. The first-order valence-corrected chi connectivity index (χ1v) is 6.01. The van der Waals surface area contributed by atoms with Gasteiger partial charge < -0.3 is 15.4 Å². The van der Waals surface area contributed by atoms with Crippen LogP contribution >= 0.6 is 0 Å². The van der Waals surface area contributed by atoms with Crippen LogP contribution in [-0.4, -0.2) is 31.2 Å². The van der Waals surface area contributed by atoms with E-state index in [1.807, 2.05) is 0 Å². The molecule has 1 aromatic rings. The number of rotatable bonds is 5. The van der Waals surface area contributed by atoms with Gasteiger partial charge in [0.25, 0.3) is 0 Å². The smallest absolute Gasteiger partial charge is 0.333 e. The van der Waals surface area contributed by atoms with E-state index in [0.29, 0.717) is 18.3 Å². The zero-order chi connectivity index (χ0) is 13.0. The Bertz CT molecular complexity index is 431. The molecule has 98 valence electrons. The number of nitrogens with one attached hydrogen (secondary N) is 2. The molecule has 1 fully saturated rings. The van der Waals surface area contributed by atoms with Crippen molar-refractivity contribution in [2.75, 3.05) is 25.5 Å². The molecule has 1 aliphatic rings. The van der Waals surface area contributed by atoms with E-state index in [0.717, 1.165) is 19.4 Å². The summed E-state index contributed by atoms with van der Waals surface area (Å²) < 4.78 is 5.02. The maximum Gasteiger partial charge on any atom is 0.333 e. The van der Waals surface area contributed by atoms with Gasteiger partial charge >= 0.3 is 5.69 Å². The fraction of sp³-hybridized carbons (Fsp3) is 0.500. The quantitative estimate of drug-likeness (QED) is 0.616. The van der Waals surface area contributed by atoms with E-state index in [4.69, 9.17) is 4.74 Å². The summed E-state index contributed by atoms with van der Waals surface area (Å²) >= 11 is 0. The van der Waals surface area contributed by atoms with E-state index in [9.17, 15) is 10.1 Å². The molecule has 1 aliphatic heterocycles. The molecule has 0 aliphatic carbocycles. The summed E-state index contributed by atoms with van der Waals surface area (Å²) in [6, 6.07) is 5.43. The Balaban J connectivity index is 2.13. The lowest BCUT2D eigenvalue weighted by molar-refractivity contribution is -0.384. The number of hydrogen-bond donors (Lipinski definition) is 2. The summed E-state index contributed by atoms with van der Waals surface area (Å²) in [4.78, 5) is 10.7. The first-order chi connectivity index (χ1) is 8.72. The molecular formula is C12H17N3O3. The minimum absolute atomic E-state index is 0.00185. The second kappa shape index (κ2) is 5.68. The molecule has 2 rings (SSSR count). The highest BCUT2D eigenvalue weighted by molar-refractivity contribution is 5.68. The van der Waals surface area contributed by atoms with Gasteiger partial charge in [-0.1, -0.05) is 6.07 Å². The molecule has 1 atom stereocenters. The third-order valence-corrected chi connectivity index (χ3v) is 3.10. The summed E-state index contributed by atoms with van der Waals surface area (Å²) in [7, 11) is 1.44. The van der Waals surface area contributed by atoms with Crippen LogP contribution in [0.1, 0.15) is 12.8 Å². The van der Waals surface area contributed by atoms with Crippen molar-refractivity contribution in [2.24, 2.45) is 0 Å². The largest absolute Gasteiger partial charge is 0.490 e. The van der Waals surface area contributed by atoms with Crippen LogP contribution in [0.25, 0.3) is 0 Å². The molecule has 0 saturated carbocycles. The van der Waals surface area contributed by atoms with Gasteiger partial charge in [0.2, 0.25) is 0 Å². The molecule has 1 saturated heterocycles. The Labute approximate surface area is 105 Å². The van der Waals surface area contributed by atoms with E-state index >= 15 is 0 Å². The Hall–Kier alpha value is -1.82. The first-order valence-electron chi connectivity index (χ1n) is 6.01. The molecule has 1 aromatic carbocycles. The van der Waals surface area contributed by atoms with Crippen molar-refractivity contribution in [1.82, 2.24) is 5.32 Å². The number of para-hydroxylation sites is 1. The molecule has 0 radical (unpaired) electrons. The highest BCUT2D eigenvalue weighted by atomic mass is 16.6. The van der Waals surface area contributed by atoms with E-state index in [1.165, 1.54) is 7.11 Å². The Kier molecular flexibility index (Phi) is 3.99. The van der Waals surface area contributed by atoms with Crippen molar-refractivity contribution < 1.29 is 9.66 Å². The van der Waals surface area contributed by atoms with E-state index in [-0.39, 0.29) is 11.4 Å². The minimum atomic E-state index is -0.413. The second-order valence-electron chi connectivity index (χ2n) is 4.29. The molecular weight excluding hydrogens is 234 g/mol. The first kappa shape index (κ1) is 12.6. The number of anilines is 1. The Morgan fingerprint density at radius 2 is 2.44 bits per heavy atom. The fourth-order valence-corrected chi connectivity index (χ4v) is 2.18. The van der Waals surface area contributed by atoms with Gasteiger partial charge in [-0.05, 0) is 31.5 Å². The lowest BCUT2D eigenvalue weighted by atomic mass is 10.2. The zero-order valence-electron chi connectivity index (χ0n) is 10.3. The maximum atomic E-state index is 11.1. The predicted octanol–water partition coefficient (Wildman–Crippen LogP) is 1.77. The zero-order valence-corrected chi connectivity index (χ0v) is 10.3.